The molecular formula is C22H20ClN3O5S. The first-order chi connectivity index (χ1) is 15.3. The number of hydrazine groups is 1. The number of sulfonamides is 1. The molecular weight excluding hydrogens is 454 g/mol. The van der Waals surface area contributed by atoms with Crippen LogP contribution in [-0.4, -0.2) is 27.3 Å². The van der Waals surface area contributed by atoms with Crippen molar-refractivity contribution in [2.45, 2.75) is 11.5 Å². The predicted octanol–water partition coefficient (Wildman–Crippen LogP) is 3.36. The largest absolute Gasteiger partial charge is 0.380 e. The molecule has 0 fully saturated rings. The number of amides is 2. The molecule has 3 N–H and O–H groups in total. The normalized spacial score (nSPS) is 10.9. The molecule has 10 heteroatoms. The van der Waals surface area contributed by atoms with Crippen LogP contribution in [0.25, 0.3) is 0 Å². The van der Waals surface area contributed by atoms with E-state index in [1.807, 2.05) is 6.07 Å². The minimum atomic E-state index is -3.99. The second-order valence-corrected chi connectivity index (χ2v) is 8.74. The van der Waals surface area contributed by atoms with Crippen LogP contribution in [0.3, 0.4) is 0 Å². The van der Waals surface area contributed by atoms with Crippen LogP contribution in [-0.2, 0) is 21.4 Å². The first-order valence-corrected chi connectivity index (χ1v) is 11.2. The van der Waals surface area contributed by atoms with Gasteiger partial charge in [0.2, 0.25) is 0 Å². The lowest BCUT2D eigenvalue weighted by Gasteiger charge is -2.11. The summed E-state index contributed by atoms with van der Waals surface area (Å²) in [5.74, 6) is -1.21. The first-order valence-electron chi connectivity index (χ1n) is 9.36. The van der Waals surface area contributed by atoms with Crippen molar-refractivity contribution in [3.05, 3.63) is 94.5 Å². The number of benzene rings is 3. The zero-order chi connectivity index (χ0) is 23.1. The minimum Gasteiger partial charge on any atom is -0.380 e. The van der Waals surface area contributed by atoms with Crippen LogP contribution in [0.5, 0.6) is 0 Å². The Labute approximate surface area is 190 Å². The number of carbonyl (C=O) groups is 2. The summed E-state index contributed by atoms with van der Waals surface area (Å²) >= 11 is 6.01. The standard InChI is InChI=1S/C22H20ClN3O5S/c1-31-14-15-6-4-7-16(12-15)21(27)24-25-22(28)17-8-5-9-18(13-17)32(29,30)26-20-11-3-2-10-19(20)23/h2-13,26H,14H2,1H3,(H,24,27)(H,25,28). The average molecular weight is 474 g/mol. The number of hydrogen-bond donors (Lipinski definition) is 3. The number of methoxy groups -OCH3 is 1. The van der Waals surface area contributed by atoms with E-state index in [4.69, 9.17) is 16.3 Å². The predicted molar refractivity (Wildman–Crippen MR) is 121 cm³/mol. The Morgan fingerprint density at radius 1 is 0.875 bits per heavy atom. The first kappa shape index (κ1) is 23.3. The molecule has 32 heavy (non-hydrogen) atoms. The molecule has 0 unspecified atom stereocenters. The number of hydrogen-bond acceptors (Lipinski definition) is 5. The number of halogens is 1. The number of rotatable bonds is 7. The van der Waals surface area contributed by atoms with Crippen LogP contribution in [0.15, 0.2) is 77.7 Å². The van der Waals surface area contributed by atoms with Gasteiger partial charge in [0.1, 0.15) is 0 Å². The van der Waals surface area contributed by atoms with Crippen molar-refractivity contribution >= 4 is 39.1 Å². The van der Waals surface area contributed by atoms with Gasteiger partial charge in [-0.2, -0.15) is 0 Å². The SMILES string of the molecule is COCc1cccc(C(=O)NNC(=O)c2cccc(S(=O)(=O)Nc3ccccc3Cl)c2)c1. The van der Waals surface area contributed by atoms with Gasteiger partial charge in [0.05, 0.1) is 22.2 Å². The third-order valence-corrected chi connectivity index (χ3v) is 6.01. The highest BCUT2D eigenvalue weighted by atomic mass is 35.5. The van der Waals surface area contributed by atoms with E-state index in [1.165, 1.54) is 30.3 Å². The summed E-state index contributed by atoms with van der Waals surface area (Å²) < 4.78 is 32.8. The number of anilines is 1. The second-order valence-electron chi connectivity index (χ2n) is 6.65. The van der Waals surface area contributed by atoms with Crippen LogP contribution in [0.4, 0.5) is 5.69 Å². The second kappa shape index (κ2) is 10.3. The Bertz CT molecular complexity index is 1250. The maximum atomic E-state index is 12.7. The monoisotopic (exact) mass is 473 g/mol. The molecule has 0 radical (unpaired) electrons. The molecule has 0 bridgehead atoms. The summed E-state index contributed by atoms with van der Waals surface area (Å²) in [7, 11) is -2.44. The van der Waals surface area contributed by atoms with Crippen molar-refractivity contribution in [2.75, 3.05) is 11.8 Å². The van der Waals surface area contributed by atoms with E-state index in [-0.39, 0.29) is 21.2 Å². The topological polar surface area (TPSA) is 114 Å². The molecule has 0 saturated carbocycles. The molecule has 0 atom stereocenters. The van der Waals surface area contributed by atoms with Gasteiger partial charge in [-0.15, -0.1) is 0 Å². The fraction of sp³-hybridized carbons (Fsp3) is 0.0909. The van der Waals surface area contributed by atoms with Crippen molar-refractivity contribution in [3.63, 3.8) is 0 Å². The van der Waals surface area contributed by atoms with Gasteiger partial charge in [0, 0.05) is 18.2 Å². The minimum absolute atomic E-state index is 0.0421. The summed E-state index contributed by atoms with van der Waals surface area (Å²) in [6.45, 7) is 0.344. The molecule has 3 aromatic carbocycles. The Kier molecular flexibility index (Phi) is 7.47. The smallest absolute Gasteiger partial charge is 0.269 e. The molecule has 3 rings (SSSR count). The Hall–Kier alpha value is -3.40. The Morgan fingerprint density at radius 2 is 1.50 bits per heavy atom. The van der Waals surface area contributed by atoms with Crippen molar-refractivity contribution in [1.29, 1.82) is 0 Å². The van der Waals surface area contributed by atoms with Gasteiger partial charge in [0.25, 0.3) is 21.8 Å². The Balaban J connectivity index is 1.69. The van der Waals surface area contributed by atoms with Crippen molar-refractivity contribution in [2.24, 2.45) is 0 Å². The van der Waals surface area contributed by atoms with Gasteiger partial charge in [-0.05, 0) is 48.0 Å². The average Bonchev–Trinajstić information content (AvgIpc) is 2.79. The van der Waals surface area contributed by atoms with E-state index < -0.39 is 21.8 Å². The highest BCUT2D eigenvalue weighted by molar-refractivity contribution is 7.92. The molecule has 0 aliphatic carbocycles. The molecule has 2 amide bonds. The van der Waals surface area contributed by atoms with Crippen LogP contribution in [0, 0.1) is 0 Å². The van der Waals surface area contributed by atoms with Crippen molar-refractivity contribution in [3.8, 4) is 0 Å². The van der Waals surface area contributed by atoms with E-state index in [1.54, 1.807) is 43.5 Å². The summed E-state index contributed by atoms with van der Waals surface area (Å²) in [4.78, 5) is 24.6. The van der Waals surface area contributed by atoms with Crippen LogP contribution in [0.1, 0.15) is 26.3 Å². The molecule has 0 spiro atoms. The highest BCUT2D eigenvalue weighted by Crippen LogP contribution is 2.24. The van der Waals surface area contributed by atoms with E-state index in [2.05, 4.69) is 15.6 Å². The maximum Gasteiger partial charge on any atom is 0.269 e. The molecule has 0 aromatic heterocycles. The van der Waals surface area contributed by atoms with Gasteiger partial charge in [-0.1, -0.05) is 41.9 Å². The van der Waals surface area contributed by atoms with E-state index in [0.717, 1.165) is 5.56 Å². The molecule has 0 heterocycles. The fourth-order valence-corrected chi connectivity index (χ4v) is 4.14. The summed E-state index contributed by atoms with van der Waals surface area (Å²) in [5, 5.41) is 0.238. The Morgan fingerprint density at radius 3 is 2.16 bits per heavy atom. The number of nitrogens with one attached hydrogen (secondary N) is 3. The van der Waals surface area contributed by atoms with Crippen LogP contribution in [0.2, 0.25) is 5.02 Å². The zero-order valence-corrected chi connectivity index (χ0v) is 18.5. The van der Waals surface area contributed by atoms with Gasteiger partial charge in [0.15, 0.2) is 0 Å². The lowest BCUT2D eigenvalue weighted by Crippen LogP contribution is -2.41. The van der Waals surface area contributed by atoms with Gasteiger partial charge < -0.3 is 4.74 Å². The van der Waals surface area contributed by atoms with E-state index in [9.17, 15) is 18.0 Å². The van der Waals surface area contributed by atoms with Gasteiger partial charge in [-0.3, -0.25) is 25.2 Å². The van der Waals surface area contributed by atoms with Crippen LogP contribution >= 0.6 is 11.6 Å². The summed E-state index contributed by atoms with van der Waals surface area (Å²) in [6.07, 6.45) is 0. The quantitative estimate of drug-likeness (QED) is 0.455. The van der Waals surface area contributed by atoms with Crippen LogP contribution < -0.4 is 15.6 Å². The lowest BCUT2D eigenvalue weighted by atomic mass is 10.1. The zero-order valence-electron chi connectivity index (χ0n) is 17.0. The molecule has 8 nitrogen and oxygen atoms in total. The molecule has 0 saturated heterocycles. The maximum absolute atomic E-state index is 12.7. The van der Waals surface area contributed by atoms with E-state index in [0.29, 0.717) is 12.2 Å². The molecule has 166 valence electrons. The number of para-hydroxylation sites is 1. The third kappa shape index (κ3) is 5.85. The molecule has 0 aliphatic rings. The molecule has 3 aromatic rings. The number of ether oxygens (including phenoxy) is 1. The lowest BCUT2D eigenvalue weighted by molar-refractivity contribution is 0.0846. The van der Waals surface area contributed by atoms with E-state index >= 15 is 0 Å². The number of carbonyl (C=O) groups excluding carboxylic acids is 2. The molecule has 0 aliphatic heterocycles. The highest BCUT2D eigenvalue weighted by Gasteiger charge is 2.18. The van der Waals surface area contributed by atoms with Gasteiger partial charge in [-0.25, -0.2) is 8.42 Å². The third-order valence-electron chi connectivity index (χ3n) is 4.31. The van der Waals surface area contributed by atoms with Gasteiger partial charge >= 0.3 is 0 Å². The van der Waals surface area contributed by atoms with Crippen molar-refractivity contribution < 1.29 is 22.7 Å². The fourth-order valence-electron chi connectivity index (χ4n) is 2.78. The summed E-state index contributed by atoms with van der Waals surface area (Å²) in [5.41, 5.74) is 5.98. The summed E-state index contributed by atoms with van der Waals surface area (Å²) in [6, 6.07) is 18.5. The van der Waals surface area contributed by atoms with Crippen molar-refractivity contribution in [1.82, 2.24) is 10.9 Å².